The second kappa shape index (κ2) is 7.16. The SMILES string of the molecule is CCCC[C@]12Cc3cc(OCOC)ccc3C1=C(C)C(=O)[C@@H](I)C2. The largest absolute Gasteiger partial charge is 0.468 e. The molecule has 2 aliphatic rings. The van der Waals surface area contributed by atoms with Crippen LogP contribution >= 0.6 is 22.6 Å². The molecule has 3 nitrogen and oxygen atoms in total. The van der Waals surface area contributed by atoms with Gasteiger partial charge in [0.1, 0.15) is 5.75 Å². The number of hydrogen-bond acceptors (Lipinski definition) is 3. The third kappa shape index (κ3) is 3.03. The number of carbonyl (C=O) groups excluding carboxylic acids is 1. The van der Waals surface area contributed by atoms with Gasteiger partial charge in [-0.2, -0.15) is 0 Å². The van der Waals surface area contributed by atoms with Crippen molar-refractivity contribution in [2.24, 2.45) is 5.41 Å². The molecule has 0 saturated heterocycles. The van der Waals surface area contributed by atoms with Gasteiger partial charge in [0.25, 0.3) is 0 Å². The molecule has 130 valence electrons. The fourth-order valence-electron chi connectivity index (χ4n) is 4.31. The van der Waals surface area contributed by atoms with Crippen LogP contribution in [0.15, 0.2) is 23.8 Å². The van der Waals surface area contributed by atoms with Crippen molar-refractivity contribution in [3.05, 3.63) is 34.9 Å². The molecule has 2 atom stereocenters. The first-order valence-electron chi connectivity index (χ1n) is 8.67. The molecule has 0 bridgehead atoms. The summed E-state index contributed by atoms with van der Waals surface area (Å²) in [7, 11) is 1.63. The number of hydrogen-bond donors (Lipinski definition) is 0. The van der Waals surface area contributed by atoms with E-state index in [-0.39, 0.29) is 16.1 Å². The van der Waals surface area contributed by atoms with Crippen LogP contribution in [0.4, 0.5) is 0 Å². The van der Waals surface area contributed by atoms with Gasteiger partial charge in [0.05, 0.1) is 3.92 Å². The van der Waals surface area contributed by atoms with E-state index < -0.39 is 0 Å². The second-order valence-electron chi connectivity index (χ2n) is 6.97. The molecule has 3 rings (SSSR count). The Morgan fingerprint density at radius 1 is 1.38 bits per heavy atom. The average Bonchev–Trinajstić information content (AvgIpc) is 2.89. The van der Waals surface area contributed by atoms with Crippen LogP contribution in [0.25, 0.3) is 5.57 Å². The topological polar surface area (TPSA) is 35.5 Å². The Morgan fingerprint density at radius 3 is 2.88 bits per heavy atom. The summed E-state index contributed by atoms with van der Waals surface area (Å²) >= 11 is 2.34. The number of ketones is 1. The Kier molecular flexibility index (Phi) is 5.35. The fourth-order valence-corrected chi connectivity index (χ4v) is 5.62. The first-order valence-corrected chi connectivity index (χ1v) is 9.91. The normalized spacial score (nSPS) is 25.7. The molecule has 0 radical (unpaired) electrons. The lowest BCUT2D eigenvalue weighted by Crippen LogP contribution is -2.34. The lowest BCUT2D eigenvalue weighted by atomic mass is 9.67. The highest BCUT2D eigenvalue weighted by Crippen LogP contribution is 2.57. The predicted molar refractivity (Wildman–Crippen MR) is 105 cm³/mol. The number of methoxy groups -OCH3 is 1. The molecule has 24 heavy (non-hydrogen) atoms. The molecule has 0 aromatic heterocycles. The van der Waals surface area contributed by atoms with Crippen LogP contribution in [0.1, 0.15) is 50.7 Å². The van der Waals surface area contributed by atoms with E-state index in [1.807, 2.05) is 13.0 Å². The summed E-state index contributed by atoms with van der Waals surface area (Å²) in [6, 6.07) is 6.26. The van der Waals surface area contributed by atoms with Crippen LogP contribution in [-0.2, 0) is 16.0 Å². The molecule has 0 saturated carbocycles. The Morgan fingerprint density at radius 2 is 2.17 bits per heavy atom. The zero-order valence-electron chi connectivity index (χ0n) is 14.7. The number of rotatable bonds is 6. The molecule has 0 fully saturated rings. The molecule has 2 aliphatic carbocycles. The minimum atomic E-state index is 0.0988. The zero-order chi connectivity index (χ0) is 17.3. The summed E-state index contributed by atoms with van der Waals surface area (Å²) in [4.78, 5) is 12.6. The van der Waals surface area contributed by atoms with Crippen LogP contribution in [0, 0.1) is 5.41 Å². The molecule has 0 amide bonds. The monoisotopic (exact) mass is 440 g/mol. The maximum absolute atomic E-state index is 12.6. The Bertz CT molecular complexity index is 679. The molecule has 0 heterocycles. The third-order valence-electron chi connectivity index (χ3n) is 5.36. The minimum Gasteiger partial charge on any atom is -0.468 e. The van der Waals surface area contributed by atoms with Gasteiger partial charge in [-0.1, -0.05) is 48.4 Å². The molecule has 1 aromatic rings. The van der Waals surface area contributed by atoms with Gasteiger partial charge in [0, 0.05) is 12.5 Å². The lowest BCUT2D eigenvalue weighted by molar-refractivity contribution is -0.115. The number of carbonyl (C=O) groups is 1. The molecule has 1 aromatic carbocycles. The van der Waals surface area contributed by atoms with Crippen molar-refractivity contribution in [1.29, 1.82) is 0 Å². The Balaban J connectivity index is 2.04. The number of allylic oxidation sites excluding steroid dienone is 2. The van der Waals surface area contributed by atoms with Gasteiger partial charge in [-0.3, -0.25) is 4.79 Å². The molecule has 0 unspecified atom stereocenters. The number of benzene rings is 1. The number of ether oxygens (including phenoxy) is 2. The summed E-state index contributed by atoms with van der Waals surface area (Å²) in [6.45, 7) is 4.52. The Hall–Kier alpha value is -0.880. The van der Waals surface area contributed by atoms with E-state index in [0.29, 0.717) is 5.78 Å². The standard InChI is InChI=1S/C20H25IO3/c1-4-5-8-20-10-14-9-15(24-12-23-3)6-7-16(14)18(20)13(2)19(22)17(21)11-20/h6-7,9,17H,4-5,8,10-12H2,1-3H3/t17-,20+/m0/s1. The molecule has 0 spiro atoms. The van der Waals surface area contributed by atoms with Crippen molar-refractivity contribution in [3.63, 3.8) is 0 Å². The summed E-state index contributed by atoms with van der Waals surface area (Å²) in [5.41, 5.74) is 4.97. The number of unbranched alkanes of at least 4 members (excludes halogenated alkanes) is 1. The van der Waals surface area contributed by atoms with Gasteiger partial charge in [-0.05, 0) is 60.6 Å². The third-order valence-corrected chi connectivity index (χ3v) is 6.36. The molecule has 0 N–H and O–H groups in total. The van der Waals surface area contributed by atoms with Gasteiger partial charge in [0.2, 0.25) is 0 Å². The van der Waals surface area contributed by atoms with Crippen LogP contribution in [0.5, 0.6) is 5.75 Å². The molecular weight excluding hydrogens is 415 g/mol. The highest BCUT2D eigenvalue weighted by molar-refractivity contribution is 14.1. The van der Waals surface area contributed by atoms with Crippen molar-refractivity contribution in [2.45, 2.75) is 49.9 Å². The average molecular weight is 440 g/mol. The molecule has 0 aliphatic heterocycles. The number of alkyl halides is 1. The first-order chi connectivity index (χ1) is 11.5. The zero-order valence-corrected chi connectivity index (χ0v) is 16.8. The van der Waals surface area contributed by atoms with Gasteiger partial charge < -0.3 is 9.47 Å². The van der Waals surface area contributed by atoms with Gasteiger partial charge in [-0.25, -0.2) is 0 Å². The highest BCUT2D eigenvalue weighted by atomic mass is 127. The summed E-state index contributed by atoms with van der Waals surface area (Å²) < 4.78 is 10.7. The van der Waals surface area contributed by atoms with Gasteiger partial charge >= 0.3 is 0 Å². The van der Waals surface area contributed by atoms with Gasteiger partial charge in [0.15, 0.2) is 12.6 Å². The highest BCUT2D eigenvalue weighted by Gasteiger charge is 2.48. The smallest absolute Gasteiger partial charge is 0.188 e. The van der Waals surface area contributed by atoms with E-state index in [0.717, 1.165) is 30.6 Å². The summed E-state index contributed by atoms with van der Waals surface area (Å²) in [6.07, 6.45) is 5.53. The lowest BCUT2D eigenvalue weighted by Gasteiger charge is -2.38. The first kappa shape index (κ1) is 17.9. The number of fused-ring (bicyclic) bond motifs is 3. The van der Waals surface area contributed by atoms with Crippen molar-refractivity contribution in [3.8, 4) is 5.75 Å². The quantitative estimate of drug-likeness (QED) is 0.357. The van der Waals surface area contributed by atoms with Crippen LogP contribution in [0.3, 0.4) is 0 Å². The molecule has 4 heteroatoms. The maximum Gasteiger partial charge on any atom is 0.188 e. The molecular formula is C20H25IO3. The van der Waals surface area contributed by atoms with Crippen molar-refractivity contribution >= 4 is 33.9 Å². The van der Waals surface area contributed by atoms with E-state index in [2.05, 4.69) is 41.6 Å². The van der Waals surface area contributed by atoms with Crippen LogP contribution < -0.4 is 4.74 Å². The van der Waals surface area contributed by atoms with E-state index in [1.165, 1.54) is 29.5 Å². The maximum atomic E-state index is 12.6. The van der Waals surface area contributed by atoms with Crippen molar-refractivity contribution < 1.29 is 14.3 Å². The van der Waals surface area contributed by atoms with Crippen LogP contribution in [-0.4, -0.2) is 23.6 Å². The summed E-state index contributed by atoms with van der Waals surface area (Å²) in [5.74, 6) is 1.15. The minimum absolute atomic E-state index is 0.0988. The van der Waals surface area contributed by atoms with Crippen molar-refractivity contribution in [2.75, 3.05) is 13.9 Å². The van der Waals surface area contributed by atoms with E-state index in [1.54, 1.807) is 7.11 Å². The Labute approximate surface area is 157 Å². The van der Waals surface area contributed by atoms with E-state index in [4.69, 9.17) is 9.47 Å². The van der Waals surface area contributed by atoms with E-state index >= 15 is 0 Å². The van der Waals surface area contributed by atoms with Crippen molar-refractivity contribution in [1.82, 2.24) is 0 Å². The summed E-state index contributed by atoms with van der Waals surface area (Å²) in [5, 5.41) is 0. The van der Waals surface area contributed by atoms with E-state index in [9.17, 15) is 4.79 Å². The number of Topliss-reactive ketones (excluding diaryl/α,β-unsaturated/α-hetero) is 1. The van der Waals surface area contributed by atoms with Crippen LogP contribution in [0.2, 0.25) is 0 Å². The number of halogens is 1. The second-order valence-corrected chi connectivity index (χ2v) is 8.47. The fraction of sp³-hybridized carbons (Fsp3) is 0.550. The predicted octanol–water partition coefficient (Wildman–Crippen LogP) is 4.95. The van der Waals surface area contributed by atoms with Gasteiger partial charge in [-0.15, -0.1) is 0 Å².